The Kier molecular flexibility index (Phi) is 8.93. The zero-order valence-corrected chi connectivity index (χ0v) is 8.69. The molecule has 1 N–H and O–H groups in total. The molecule has 0 saturated heterocycles. The molecule has 0 fully saturated rings. The van der Waals surface area contributed by atoms with Gasteiger partial charge in [-0.3, -0.25) is 0 Å². The number of alkyl halides is 2. The van der Waals surface area contributed by atoms with E-state index in [1.807, 2.05) is 0 Å². The van der Waals surface area contributed by atoms with Crippen molar-refractivity contribution in [3.8, 4) is 0 Å². The van der Waals surface area contributed by atoms with E-state index in [4.69, 9.17) is 0 Å². The van der Waals surface area contributed by atoms with Crippen molar-refractivity contribution in [3.05, 3.63) is 0 Å². The SMILES string of the molecule is CCC[I-]NCI. The van der Waals surface area contributed by atoms with Gasteiger partial charge in [-0.25, -0.2) is 0 Å². The van der Waals surface area contributed by atoms with Gasteiger partial charge in [0, 0.05) is 0 Å². The fourth-order valence-corrected chi connectivity index (χ4v) is 2.69. The Morgan fingerprint density at radius 1 is 1.71 bits per heavy atom. The monoisotopic (exact) mass is 326 g/mol. The molecular formula is C4H10I2N-. The fraction of sp³-hybridized carbons (Fsp3) is 1.00. The van der Waals surface area contributed by atoms with Crippen molar-refractivity contribution in [1.29, 1.82) is 0 Å². The summed E-state index contributed by atoms with van der Waals surface area (Å²) in [4.78, 5) is 0. The molecular weight excluding hydrogens is 316 g/mol. The van der Waals surface area contributed by atoms with Crippen LogP contribution in [0.5, 0.6) is 0 Å². The van der Waals surface area contributed by atoms with Crippen LogP contribution in [0.3, 0.4) is 0 Å². The van der Waals surface area contributed by atoms with Gasteiger partial charge < -0.3 is 0 Å². The number of hydrogen-bond donors (Lipinski definition) is 1. The van der Waals surface area contributed by atoms with Gasteiger partial charge in [0.2, 0.25) is 0 Å². The molecule has 0 aromatic heterocycles. The zero-order chi connectivity index (χ0) is 5.54. The minimum absolute atomic E-state index is 0.367. The number of halogens is 2. The predicted octanol–water partition coefficient (Wildman–Crippen LogP) is -1.62. The van der Waals surface area contributed by atoms with Crippen LogP contribution in [0.25, 0.3) is 0 Å². The third-order valence-corrected chi connectivity index (χ3v) is 4.81. The number of hydrogen-bond acceptors (Lipinski definition) is 1. The third-order valence-electron chi connectivity index (χ3n) is 0.428. The molecule has 7 heavy (non-hydrogen) atoms. The maximum atomic E-state index is 3.35. The van der Waals surface area contributed by atoms with Gasteiger partial charge in [-0.1, -0.05) is 0 Å². The van der Waals surface area contributed by atoms with E-state index < -0.39 is 0 Å². The van der Waals surface area contributed by atoms with E-state index >= 15 is 0 Å². The summed E-state index contributed by atoms with van der Waals surface area (Å²) in [7, 11) is 0. The number of nitrogens with one attached hydrogen (secondary N) is 1. The van der Waals surface area contributed by atoms with Crippen molar-refractivity contribution in [3.63, 3.8) is 0 Å². The Hall–Kier alpha value is 1.42. The molecule has 0 rings (SSSR count). The molecule has 3 heteroatoms. The van der Waals surface area contributed by atoms with Crippen LogP contribution in [0.4, 0.5) is 0 Å². The first-order valence-corrected chi connectivity index (χ1v) is 6.41. The summed E-state index contributed by atoms with van der Waals surface area (Å²) in [6.07, 6.45) is 1.34. The normalized spacial score (nSPS) is 10.0. The van der Waals surface area contributed by atoms with Crippen LogP contribution in [0.1, 0.15) is 13.3 Å². The van der Waals surface area contributed by atoms with Gasteiger partial charge in [0.1, 0.15) is 0 Å². The van der Waals surface area contributed by atoms with Crippen molar-refractivity contribution >= 4 is 22.6 Å². The molecule has 0 aromatic carbocycles. The molecule has 0 aliphatic carbocycles. The van der Waals surface area contributed by atoms with Crippen molar-refractivity contribution in [2.24, 2.45) is 0 Å². The number of rotatable bonds is 4. The summed E-state index contributed by atoms with van der Waals surface area (Å²) in [5.41, 5.74) is 0. The molecule has 0 heterocycles. The first-order valence-electron chi connectivity index (χ1n) is 2.28. The summed E-state index contributed by atoms with van der Waals surface area (Å²) in [6.45, 7) is 2.23. The first kappa shape index (κ1) is 8.42. The average molecular weight is 326 g/mol. The second-order valence-electron chi connectivity index (χ2n) is 1.09. The maximum absolute atomic E-state index is 3.35. The van der Waals surface area contributed by atoms with Crippen LogP contribution in [0, 0.1) is 0 Å². The summed E-state index contributed by atoms with van der Waals surface area (Å²) in [5, 5.41) is 0. The summed E-state index contributed by atoms with van der Waals surface area (Å²) in [5.74, 6) is 0. The van der Waals surface area contributed by atoms with Gasteiger partial charge in [0.25, 0.3) is 0 Å². The van der Waals surface area contributed by atoms with Crippen LogP contribution in [-0.4, -0.2) is 8.98 Å². The molecule has 0 aliphatic rings. The van der Waals surface area contributed by atoms with Gasteiger partial charge in [0.05, 0.1) is 0 Å². The molecule has 0 aliphatic heterocycles. The summed E-state index contributed by atoms with van der Waals surface area (Å²) in [6, 6.07) is 0. The van der Waals surface area contributed by atoms with E-state index in [-0.39, 0.29) is 0 Å². The first-order chi connectivity index (χ1) is 3.41. The zero-order valence-electron chi connectivity index (χ0n) is 4.38. The molecule has 0 aromatic rings. The van der Waals surface area contributed by atoms with E-state index in [9.17, 15) is 0 Å². The van der Waals surface area contributed by atoms with Crippen LogP contribution in [-0.2, 0) is 0 Å². The quantitative estimate of drug-likeness (QED) is 0.215. The van der Waals surface area contributed by atoms with Crippen LogP contribution < -0.4 is 25.0 Å². The van der Waals surface area contributed by atoms with Crippen molar-refractivity contribution < 1.29 is 21.5 Å². The molecule has 0 saturated carbocycles. The van der Waals surface area contributed by atoms with Crippen LogP contribution in [0.15, 0.2) is 0 Å². The second-order valence-corrected chi connectivity index (χ2v) is 4.46. The molecule has 0 amide bonds. The van der Waals surface area contributed by atoms with E-state index in [0.717, 1.165) is 4.55 Å². The Bertz CT molecular complexity index is 28.9. The Balaban J connectivity index is 2.45. The van der Waals surface area contributed by atoms with Crippen molar-refractivity contribution in [1.82, 2.24) is 3.53 Å². The molecule has 0 bridgehead atoms. The predicted molar refractivity (Wildman–Crippen MR) is 37.2 cm³/mol. The molecule has 0 unspecified atom stereocenters. The van der Waals surface area contributed by atoms with Crippen LogP contribution >= 0.6 is 22.6 Å². The van der Waals surface area contributed by atoms with Gasteiger partial charge in [-0.05, 0) is 0 Å². The van der Waals surface area contributed by atoms with Crippen molar-refractivity contribution in [2.75, 3.05) is 8.98 Å². The van der Waals surface area contributed by atoms with E-state index in [1.165, 1.54) is 10.8 Å². The second kappa shape index (κ2) is 7.42. The van der Waals surface area contributed by atoms with Crippen LogP contribution in [0.2, 0.25) is 0 Å². The molecule has 0 radical (unpaired) electrons. The summed E-state index contributed by atoms with van der Waals surface area (Å²) >= 11 is 2.71. The standard InChI is InChI=1S/C4H10I2N/c1-2-3-6-7-4-5/h7H,2-4H2,1H3/q-1. The minimum atomic E-state index is 0.367. The van der Waals surface area contributed by atoms with Gasteiger partial charge >= 0.3 is 69.9 Å². The van der Waals surface area contributed by atoms with E-state index in [2.05, 4.69) is 33.0 Å². The van der Waals surface area contributed by atoms with Gasteiger partial charge in [-0.15, -0.1) is 0 Å². The topological polar surface area (TPSA) is 12.0 Å². The van der Waals surface area contributed by atoms with Crippen molar-refractivity contribution in [2.45, 2.75) is 13.3 Å². The third kappa shape index (κ3) is 7.42. The molecule has 0 atom stereocenters. The summed E-state index contributed by atoms with van der Waals surface area (Å²) < 4.78 is 5.89. The Morgan fingerprint density at radius 3 is 2.86 bits per heavy atom. The van der Waals surface area contributed by atoms with E-state index in [0.29, 0.717) is 21.5 Å². The Labute approximate surface area is 69.4 Å². The van der Waals surface area contributed by atoms with E-state index in [1.54, 1.807) is 0 Å². The Morgan fingerprint density at radius 2 is 2.43 bits per heavy atom. The fourth-order valence-electron chi connectivity index (χ4n) is 0.197. The molecule has 46 valence electrons. The molecule has 0 spiro atoms. The van der Waals surface area contributed by atoms with Gasteiger partial charge in [-0.2, -0.15) is 0 Å². The average Bonchev–Trinajstić information content (AvgIpc) is 1.69. The molecule has 1 nitrogen and oxygen atoms in total. The van der Waals surface area contributed by atoms with Gasteiger partial charge in [0.15, 0.2) is 0 Å².